The lowest BCUT2D eigenvalue weighted by molar-refractivity contribution is -0.192. The number of hydrogen-bond acceptors (Lipinski definition) is 8. The molecule has 236 valence electrons. The van der Waals surface area contributed by atoms with E-state index in [4.69, 9.17) is 9.90 Å². The summed E-state index contributed by atoms with van der Waals surface area (Å²) in [6.07, 6.45) is -9.89. The molecule has 0 bridgehead atoms. The third-order valence-corrected chi connectivity index (χ3v) is 9.23. The predicted molar refractivity (Wildman–Crippen MR) is 139 cm³/mol. The maximum atomic E-state index is 13.1. The molecule has 1 saturated heterocycles. The minimum atomic E-state index is -5.08. The summed E-state index contributed by atoms with van der Waals surface area (Å²) in [5, 5.41) is 9.18. The molecule has 0 aliphatic carbocycles. The molecule has 43 heavy (non-hydrogen) atoms. The maximum Gasteiger partial charge on any atom is 0.490 e. The van der Waals surface area contributed by atoms with Crippen molar-refractivity contribution in [1.29, 1.82) is 0 Å². The van der Waals surface area contributed by atoms with Gasteiger partial charge in [-0.3, -0.25) is 14.5 Å². The van der Waals surface area contributed by atoms with Gasteiger partial charge in [0.25, 0.3) is 0 Å². The summed E-state index contributed by atoms with van der Waals surface area (Å²) in [7, 11) is -8.17. The van der Waals surface area contributed by atoms with Crippen LogP contribution in [0.25, 0.3) is 0 Å². The summed E-state index contributed by atoms with van der Waals surface area (Å²) in [6.45, 7) is 2.25. The van der Waals surface area contributed by atoms with Crippen LogP contribution in [0.5, 0.6) is 0 Å². The van der Waals surface area contributed by atoms with Crippen molar-refractivity contribution in [3.8, 4) is 0 Å². The molecule has 1 fully saturated rings. The third-order valence-electron chi connectivity index (χ3n) is 6.06. The Bertz CT molecular complexity index is 1610. The molecule has 2 aliphatic rings. The molecular weight excluding hydrogens is 634 g/mol. The van der Waals surface area contributed by atoms with E-state index in [0.29, 0.717) is 29.6 Å². The van der Waals surface area contributed by atoms with Crippen LogP contribution in [-0.2, 0) is 42.2 Å². The van der Waals surface area contributed by atoms with Gasteiger partial charge in [0.2, 0.25) is 26.0 Å². The van der Waals surface area contributed by atoms with Crippen LogP contribution in [0.3, 0.4) is 0 Å². The van der Waals surface area contributed by atoms with Gasteiger partial charge in [-0.05, 0) is 42.7 Å². The van der Waals surface area contributed by atoms with Gasteiger partial charge in [0.15, 0.2) is 0 Å². The lowest BCUT2D eigenvalue weighted by Gasteiger charge is -2.21. The molecule has 0 aromatic heterocycles. The number of carboxylic acids is 1. The molecule has 2 aliphatic heterocycles. The van der Waals surface area contributed by atoms with Gasteiger partial charge < -0.3 is 10.4 Å². The molecule has 0 saturated carbocycles. The van der Waals surface area contributed by atoms with Crippen molar-refractivity contribution in [3.05, 3.63) is 65.2 Å². The topological polar surface area (TPSA) is 171 Å². The largest absolute Gasteiger partial charge is 0.490 e. The highest BCUT2D eigenvalue weighted by Crippen LogP contribution is 2.31. The number of alkyl halides is 6. The van der Waals surface area contributed by atoms with Gasteiger partial charge in [0, 0.05) is 6.04 Å². The van der Waals surface area contributed by atoms with Crippen molar-refractivity contribution < 1.29 is 57.9 Å². The Hall–Kier alpha value is -3.71. The van der Waals surface area contributed by atoms with Crippen LogP contribution in [-0.4, -0.2) is 64.5 Å². The average Bonchev–Trinajstić information content (AvgIpc) is 3.44. The lowest BCUT2D eigenvalue weighted by atomic mass is 10.0. The standard InChI is InChI=1S/C22H23F3N4O5S2.C2HF3O2/c1-13-12-26-21(27-13)18(28-35(31,32)17-4-2-3-16(10-17)22(23,24)25)9-14-5-7-15(8-6-14)19-11-20(30)29-36(19,33)34;3-2(4,5)1(6)7/h2-8,10,13,18-19,28H,9,11-12H2,1H3,(H,26,27)(H,29,30);(H,6,7)/t13-,18?,19?;/m1./s1. The number of hydrogen-bond donors (Lipinski definition) is 4. The first-order valence-electron chi connectivity index (χ1n) is 12.1. The van der Waals surface area contributed by atoms with Crippen LogP contribution < -0.4 is 14.8 Å². The molecule has 2 unspecified atom stereocenters. The monoisotopic (exact) mass is 658 g/mol. The van der Waals surface area contributed by atoms with Crippen LogP contribution in [0.2, 0.25) is 0 Å². The molecule has 4 rings (SSSR count). The quantitative estimate of drug-likeness (QED) is 0.329. The Balaban J connectivity index is 0.000000646. The first-order chi connectivity index (χ1) is 19.7. The minimum Gasteiger partial charge on any atom is -0.475 e. The highest BCUT2D eigenvalue weighted by Gasteiger charge is 2.39. The summed E-state index contributed by atoms with van der Waals surface area (Å²) in [6, 6.07) is 8.79. The Morgan fingerprint density at radius 3 is 2.19 bits per heavy atom. The molecule has 0 spiro atoms. The predicted octanol–water partition coefficient (Wildman–Crippen LogP) is 2.51. The second kappa shape index (κ2) is 12.5. The summed E-state index contributed by atoms with van der Waals surface area (Å²) < 4.78 is 126. The molecule has 2 heterocycles. The van der Waals surface area contributed by atoms with E-state index in [-0.39, 0.29) is 18.9 Å². The van der Waals surface area contributed by atoms with Crippen molar-refractivity contribution in [2.75, 3.05) is 6.54 Å². The minimum absolute atomic E-state index is 0.0550. The first kappa shape index (κ1) is 33.8. The van der Waals surface area contributed by atoms with E-state index in [2.05, 4.69) is 15.0 Å². The van der Waals surface area contributed by atoms with Gasteiger partial charge in [-0.2, -0.15) is 26.3 Å². The number of benzene rings is 2. The van der Waals surface area contributed by atoms with Crippen LogP contribution in [0, 0.1) is 0 Å². The first-order valence-corrected chi connectivity index (χ1v) is 15.2. The van der Waals surface area contributed by atoms with Gasteiger partial charge in [-0.1, -0.05) is 30.3 Å². The number of amidine groups is 1. The van der Waals surface area contributed by atoms with Gasteiger partial charge in [-0.25, -0.2) is 26.4 Å². The van der Waals surface area contributed by atoms with Crippen molar-refractivity contribution >= 4 is 37.8 Å². The Labute approximate surface area is 241 Å². The van der Waals surface area contributed by atoms with Crippen molar-refractivity contribution in [1.82, 2.24) is 14.8 Å². The maximum absolute atomic E-state index is 13.1. The number of halogens is 6. The molecule has 4 N–H and O–H groups in total. The number of nitrogens with zero attached hydrogens (tertiary/aromatic N) is 1. The second-order valence-electron chi connectivity index (χ2n) is 9.48. The van der Waals surface area contributed by atoms with Crippen molar-refractivity contribution in [2.45, 2.75) is 54.3 Å². The molecule has 11 nitrogen and oxygen atoms in total. The van der Waals surface area contributed by atoms with Gasteiger partial charge in [-0.15, -0.1) is 0 Å². The summed E-state index contributed by atoms with van der Waals surface area (Å²) in [5.74, 6) is -3.00. The number of rotatable bonds is 7. The van der Waals surface area contributed by atoms with Crippen molar-refractivity contribution in [2.24, 2.45) is 4.99 Å². The molecule has 3 atom stereocenters. The van der Waals surface area contributed by atoms with Crippen LogP contribution in [0.1, 0.15) is 35.3 Å². The third kappa shape index (κ3) is 8.90. The second-order valence-corrected chi connectivity index (χ2v) is 13.1. The summed E-state index contributed by atoms with van der Waals surface area (Å²) in [4.78, 5) is 24.2. The fourth-order valence-corrected chi connectivity index (χ4v) is 6.70. The number of aliphatic imine (C=N–C) groups is 1. The fourth-order valence-electron chi connectivity index (χ4n) is 4.03. The zero-order chi connectivity index (χ0) is 32.4. The summed E-state index contributed by atoms with van der Waals surface area (Å²) in [5.41, 5.74) is -0.0605. The molecular formula is C24H24F6N4O7S2. The Morgan fingerprint density at radius 1 is 1.12 bits per heavy atom. The average molecular weight is 659 g/mol. The zero-order valence-electron chi connectivity index (χ0n) is 21.9. The highest BCUT2D eigenvalue weighted by atomic mass is 32.2. The fraction of sp³-hybridized carbons (Fsp3) is 0.375. The van der Waals surface area contributed by atoms with E-state index in [1.807, 2.05) is 11.6 Å². The number of sulfonamides is 2. The number of carboxylic acid groups (broad SMARTS) is 1. The van der Waals surface area contributed by atoms with E-state index < -0.39 is 66.0 Å². The number of carbonyl (C=O) groups is 2. The van der Waals surface area contributed by atoms with E-state index in [9.17, 15) is 48.0 Å². The highest BCUT2D eigenvalue weighted by molar-refractivity contribution is 7.90. The summed E-state index contributed by atoms with van der Waals surface area (Å²) >= 11 is 0. The van der Waals surface area contributed by atoms with Gasteiger partial charge in [0.1, 0.15) is 11.1 Å². The van der Waals surface area contributed by atoms with Crippen LogP contribution in [0.4, 0.5) is 26.3 Å². The normalized spacial score (nSPS) is 20.7. The molecule has 1 amide bonds. The number of carbonyl (C=O) groups excluding carboxylic acids is 1. The van der Waals surface area contributed by atoms with E-state index in [0.717, 1.165) is 18.2 Å². The SMILES string of the molecule is C[C@@H]1CN=C(C(Cc2ccc(C3CC(=O)NS3(=O)=O)cc2)NS(=O)(=O)c2cccc(C(F)(F)F)c2)N1.O=C(O)C(F)(F)F. The van der Waals surface area contributed by atoms with Crippen LogP contribution >= 0.6 is 0 Å². The lowest BCUT2D eigenvalue weighted by Crippen LogP contribution is -2.47. The number of aliphatic carboxylic acids is 1. The van der Waals surface area contributed by atoms with E-state index >= 15 is 0 Å². The molecule has 19 heteroatoms. The smallest absolute Gasteiger partial charge is 0.475 e. The molecule has 2 aromatic carbocycles. The molecule has 0 radical (unpaired) electrons. The van der Waals surface area contributed by atoms with Crippen molar-refractivity contribution in [3.63, 3.8) is 0 Å². The van der Waals surface area contributed by atoms with Gasteiger partial charge >= 0.3 is 18.3 Å². The number of amides is 1. The number of nitrogens with one attached hydrogen (secondary N) is 3. The Morgan fingerprint density at radius 2 is 1.72 bits per heavy atom. The zero-order valence-corrected chi connectivity index (χ0v) is 23.5. The molecule has 2 aromatic rings. The van der Waals surface area contributed by atoms with E-state index in [1.165, 1.54) is 0 Å². The Kier molecular flexibility index (Phi) is 9.81. The van der Waals surface area contributed by atoms with E-state index in [1.54, 1.807) is 24.3 Å². The van der Waals surface area contributed by atoms with Crippen LogP contribution in [0.15, 0.2) is 58.4 Å². The van der Waals surface area contributed by atoms with Gasteiger partial charge in [0.05, 0.1) is 29.5 Å².